The van der Waals surface area contributed by atoms with Crippen LogP contribution in [0.1, 0.15) is 91.0 Å². The molecule has 0 radical (unpaired) electrons. The zero-order valence-electron chi connectivity index (χ0n) is 19.3. The van der Waals surface area contributed by atoms with Gasteiger partial charge in [0.25, 0.3) is 0 Å². The molecule has 168 valence electrons. The fourth-order valence-corrected chi connectivity index (χ4v) is 4.23. The van der Waals surface area contributed by atoms with E-state index < -0.39 is 7.82 Å². The molecule has 0 spiro atoms. The Labute approximate surface area is 179 Å². The summed E-state index contributed by atoms with van der Waals surface area (Å²) >= 11 is 0. The van der Waals surface area contributed by atoms with Gasteiger partial charge in [0, 0.05) is 7.11 Å². The van der Waals surface area contributed by atoms with Crippen LogP contribution in [0.15, 0.2) is 24.3 Å². The molecule has 0 N–H and O–H groups in total. The maximum absolute atomic E-state index is 12.7. The number of hydrogen-bond donors (Lipinski definition) is 0. The second-order valence-corrected chi connectivity index (χ2v) is 9.92. The number of unbranched alkanes of at least 4 members (excludes halogenated alkanes) is 6. The number of aryl methyl sites for hydroxylation is 1. The van der Waals surface area contributed by atoms with Crippen LogP contribution in [0.2, 0.25) is 0 Å². The van der Waals surface area contributed by atoms with Gasteiger partial charge in [-0.05, 0) is 48.8 Å². The van der Waals surface area contributed by atoms with Gasteiger partial charge in [0.05, 0.1) is 6.61 Å². The van der Waals surface area contributed by atoms with E-state index in [1.165, 1.54) is 57.6 Å². The Bertz CT molecular complexity index is 573. The largest absolute Gasteiger partial charge is 0.529 e. The molecule has 0 amide bonds. The molecule has 3 atom stereocenters. The molecule has 1 rings (SSSR count). The van der Waals surface area contributed by atoms with Crippen molar-refractivity contribution in [3.63, 3.8) is 0 Å². The third kappa shape index (κ3) is 11.2. The average molecular weight is 427 g/mol. The highest BCUT2D eigenvalue weighted by Crippen LogP contribution is 2.49. The normalized spacial score (nSPS) is 15.6. The molecule has 29 heavy (non-hydrogen) atoms. The molecule has 0 saturated carbocycles. The Kier molecular flexibility index (Phi) is 13.6. The van der Waals surface area contributed by atoms with Crippen molar-refractivity contribution in [1.29, 1.82) is 0 Å². The van der Waals surface area contributed by atoms with Gasteiger partial charge >= 0.3 is 7.82 Å². The van der Waals surface area contributed by atoms with E-state index in [0.29, 0.717) is 24.2 Å². The van der Waals surface area contributed by atoms with Gasteiger partial charge in [-0.2, -0.15) is 0 Å². The van der Waals surface area contributed by atoms with Crippen LogP contribution in [0.5, 0.6) is 5.75 Å². The quantitative estimate of drug-likeness (QED) is 0.186. The van der Waals surface area contributed by atoms with E-state index in [1.807, 2.05) is 24.3 Å². The minimum absolute atomic E-state index is 0.368. The van der Waals surface area contributed by atoms with E-state index in [1.54, 1.807) is 0 Å². The summed E-state index contributed by atoms with van der Waals surface area (Å²) < 4.78 is 28.9. The summed E-state index contributed by atoms with van der Waals surface area (Å²) in [5, 5.41) is 0. The number of hydrogen-bond acceptors (Lipinski definition) is 4. The molecule has 0 saturated heterocycles. The first-order valence-corrected chi connectivity index (χ1v) is 13.0. The highest BCUT2D eigenvalue weighted by atomic mass is 31.2. The van der Waals surface area contributed by atoms with Crippen molar-refractivity contribution in [1.82, 2.24) is 0 Å². The highest BCUT2D eigenvalue weighted by Gasteiger charge is 2.27. The second kappa shape index (κ2) is 15.0. The van der Waals surface area contributed by atoms with Crippen molar-refractivity contribution in [2.75, 3.05) is 13.7 Å². The van der Waals surface area contributed by atoms with E-state index in [4.69, 9.17) is 13.6 Å². The van der Waals surface area contributed by atoms with E-state index >= 15 is 0 Å². The van der Waals surface area contributed by atoms with Crippen LogP contribution in [-0.2, 0) is 20.0 Å². The Hall–Kier alpha value is -0.830. The van der Waals surface area contributed by atoms with Gasteiger partial charge in [-0.15, -0.1) is 0 Å². The molecule has 0 heterocycles. The smallest absolute Gasteiger partial charge is 0.404 e. The van der Waals surface area contributed by atoms with Crippen LogP contribution in [0.3, 0.4) is 0 Å². The number of rotatable bonds is 17. The third-order valence-corrected chi connectivity index (χ3v) is 7.25. The number of phosphoric acid groups is 1. The van der Waals surface area contributed by atoms with Crippen molar-refractivity contribution < 1.29 is 18.1 Å². The molecule has 1 aromatic rings. The first kappa shape index (κ1) is 26.2. The van der Waals surface area contributed by atoms with Crippen molar-refractivity contribution >= 4 is 7.82 Å². The first-order chi connectivity index (χ1) is 13.9. The van der Waals surface area contributed by atoms with Crippen molar-refractivity contribution in [2.24, 2.45) is 11.8 Å². The molecule has 0 aliphatic carbocycles. The van der Waals surface area contributed by atoms with Gasteiger partial charge in [0.15, 0.2) is 0 Å². The maximum atomic E-state index is 12.7. The minimum atomic E-state index is -3.57. The van der Waals surface area contributed by atoms with E-state index in [9.17, 15) is 4.57 Å². The van der Waals surface area contributed by atoms with Crippen LogP contribution in [0, 0.1) is 11.8 Å². The average Bonchev–Trinajstić information content (AvgIpc) is 2.73. The SMILES string of the molecule is CCCCCCCCCc1ccc(OP(=O)(OC)OCCC(C)C(C)CC)cc1. The monoisotopic (exact) mass is 426 g/mol. The van der Waals surface area contributed by atoms with Gasteiger partial charge in [0.2, 0.25) is 0 Å². The lowest BCUT2D eigenvalue weighted by Gasteiger charge is -2.20. The summed E-state index contributed by atoms with van der Waals surface area (Å²) in [5.41, 5.74) is 1.28. The van der Waals surface area contributed by atoms with Crippen LogP contribution < -0.4 is 4.52 Å². The topological polar surface area (TPSA) is 44.8 Å². The Morgan fingerprint density at radius 2 is 1.52 bits per heavy atom. The fourth-order valence-electron chi connectivity index (χ4n) is 3.29. The van der Waals surface area contributed by atoms with Crippen molar-refractivity contribution in [3.8, 4) is 5.75 Å². The van der Waals surface area contributed by atoms with Gasteiger partial charge in [-0.25, -0.2) is 4.57 Å². The van der Waals surface area contributed by atoms with Gasteiger partial charge in [0.1, 0.15) is 5.75 Å². The Morgan fingerprint density at radius 3 is 2.10 bits per heavy atom. The molecule has 0 fully saturated rings. The van der Waals surface area contributed by atoms with Crippen LogP contribution in [-0.4, -0.2) is 13.7 Å². The summed E-state index contributed by atoms with van der Waals surface area (Å²) in [5.74, 6) is 1.65. The summed E-state index contributed by atoms with van der Waals surface area (Å²) in [4.78, 5) is 0. The van der Waals surface area contributed by atoms with E-state index in [2.05, 4.69) is 27.7 Å². The van der Waals surface area contributed by atoms with Crippen LogP contribution >= 0.6 is 7.82 Å². The Balaban J connectivity index is 2.38. The third-order valence-electron chi connectivity index (χ3n) is 5.87. The lowest BCUT2D eigenvalue weighted by molar-refractivity contribution is 0.163. The molecule has 0 aromatic heterocycles. The predicted molar refractivity (Wildman–Crippen MR) is 123 cm³/mol. The molecular weight excluding hydrogens is 383 g/mol. The van der Waals surface area contributed by atoms with Gasteiger partial charge < -0.3 is 4.52 Å². The molecule has 5 heteroatoms. The zero-order chi connectivity index (χ0) is 21.5. The van der Waals surface area contributed by atoms with Gasteiger partial charge in [-0.1, -0.05) is 84.8 Å². The van der Waals surface area contributed by atoms with Crippen molar-refractivity contribution in [3.05, 3.63) is 29.8 Å². The van der Waals surface area contributed by atoms with E-state index in [-0.39, 0.29) is 0 Å². The summed E-state index contributed by atoms with van der Waals surface area (Å²) in [7, 11) is -2.20. The Morgan fingerprint density at radius 1 is 0.897 bits per heavy atom. The highest BCUT2D eigenvalue weighted by molar-refractivity contribution is 7.48. The zero-order valence-corrected chi connectivity index (χ0v) is 20.2. The number of phosphoric ester groups is 1. The van der Waals surface area contributed by atoms with Crippen LogP contribution in [0.25, 0.3) is 0 Å². The van der Waals surface area contributed by atoms with E-state index in [0.717, 1.165) is 19.3 Å². The maximum Gasteiger partial charge on any atom is 0.529 e. The molecule has 0 aliphatic rings. The summed E-state index contributed by atoms with van der Waals surface area (Å²) in [6, 6.07) is 7.79. The minimum Gasteiger partial charge on any atom is -0.404 e. The molecule has 3 unspecified atom stereocenters. The predicted octanol–water partition coefficient (Wildman–Crippen LogP) is 8.20. The van der Waals surface area contributed by atoms with Crippen LogP contribution in [0.4, 0.5) is 0 Å². The lowest BCUT2D eigenvalue weighted by atomic mass is 9.91. The first-order valence-electron chi connectivity index (χ1n) is 11.5. The van der Waals surface area contributed by atoms with Gasteiger partial charge in [-0.3, -0.25) is 9.05 Å². The summed E-state index contributed by atoms with van der Waals surface area (Å²) in [6.45, 7) is 9.22. The molecule has 0 bridgehead atoms. The number of benzene rings is 1. The fraction of sp³-hybridized carbons (Fsp3) is 0.750. The molecular formula is C24H43O4P. The van der Waals surface area contributed by atoms with Crippen molar-refractivity contribution in [2.45, 2.75) is 91.9 Å². The molecule has 4 nitrogen and oxygen atoms in total. The standard InChI is InChI=1S/C24H43O4P/c1-6-8-9-10-11-12-13-14-23-15-17-24(18-16-23)28-29(25,26-5)27-20-19-22(4)21(3)7-2/h15-18,21-22H,6-14,19-20H2,1-5H3. The summed E-state index contributed by atoms with van der Waals surface area (Å²) in [6.07, 6.45) is 12.2. The second-order valence-electron chi connectivity index (χ2n) is 8.22. The molecule has 0 aliphatic heterocycles. The lowest BCUT2D eigenvalue weighted by Crippen LogP contribution is -2.11. The molecule has 1 aromatic carbocycles.